The fourth-order valence-electron chi connectivity index (χ4n) is 2.55. The maximum atomic E-state index is 13.3. The van der Waals surface area contributed by atoms with Gasteiger partial charge in [-0.3, -0.25) is 9.78 Å². The van der Waals surface area contributed by atoms with Crippen LogP contribution in [0.5, 0.6) is 0 Å². The minimum absolute atomic E-state index is 0.0252. The van der Waals surface area contributed by atoms with E-state index in [0.29, 0.717) is 17.2 Å². The molecule has 0 aliphatic heterocycles. The van der Waals surface area contributed by atoms with Gasteiger partial charge >= 0.3 is 0 Å². The molecule has 4 aromatic rings. The Hall–Kier alpha value is -3.39. The number of hydrogen-bond acceptors (Lipinski definition) is 5. The molecule has 4 rings (SSSR count). The molecular formula is C19H14FN5OS. The van der Waals surface area contributed by atoms with Crippen molar-refractivity contribution in [2.75, 3.05) is 5.32 Å². The molecule has 0 bridgehead atoms. The van der Waals surface area contributed by atoms with Gasteiger partial charge in [0.25, 0.3) is 5.91 Å². The average Bonchev–Trinajstić information content (AvgIpc) is 3.32. The minimum Gasteiger partial charge on any atom is -0.319 e. The number of carbonyl (C=O) groups excluding carboxylic acids is 1. The summed E-state index contributed by atoms with van der Waals surface area (Å²) in [4.78, 5) is 22.0. The number of rotatable bonds is 4. The van der Waals surface area contributed by atoms with E-state index in [1.807, 2.05) is 24.4 Å². The quantitative estimate of drug-likeness (QED) is 0.580. The van der Waals surface area contributed by atoms with Gasteiger partial charge in [0.05, 0.1) is 10.6 Å². The van der Waals surface area contributed by atoms with E-state index in [-0.39, 0.29) is 11.6 Å². The molecular weight excluding hydrogens is 365 g/mol. The molecule has 27 heavy (non-hydrogen) atoms. The van der Waals surface area contributed by atoms with Crippen LogP contribution in [-0.2, 0) is 0 Å². The molecule has 0 atom stereocenters. The van der Waals surface area contributed by atoms with Crippen LogP contribution in [0.3, 0.4) is 0 Å². The topological polar surface area (TPSA) is 72.7 Å². The SMILES string of the molecule is Cc1cc(NC(=O)c2nc(-c3cccs3)n(-c3ccc(F)cc3)n2)ccn1. The van der Waals surface area contributed by atoms with Crippen molar-refractivity contribution in [3.63, 3.8) is 0 Å². The van der Waals surface area contributed by atoms with Gasteiger partial charge in [-0.2, -0.15) is 0 Å². The minimum atomic E-state index is -0.431. The summed E-state index contributed by atoms with van der Waals surface area (Å²) in [5.74, 6) is -0.230. The van der Waals surface area contributed by atoms with E-state index >= 15 is 0 Å². The molecule has 8 heteroatoms. The first-order chi connectivity index (χ1) is 13.1. The van der Waals surface area contributed by atoms with Crippen molar-refractivity contribution < 1.29 is 9.18 Å². The predicted molar refractivity (Wildman–Crippen MR) is 102 cm³/mol. The molecule has 0 spiro atoms. The molecule has 134 valence electrons. The van der Waals surface area contributed by atoms with Crippen molar-refractivity contribution in [1.82, 2.24) is 19.7 Å². The Morgan fingerprint density at radius 1 is 1.19 bits per heavy atom. The lowest BCUT2D eigenvalue weighted by Gasteiger charge is -2.04. The maximum Gasteiger partial charge on any atom is 0.295 e. The zero-order valence-electron chi connectivity index (χ0n) is 14.3. The zero-order valence-corrected chi connectivity index (χ0v) is 15.1. The predicted octanol–water partition coefficient (Wildman–Crippen LogP) is 4.09. The third-order valence-corrected chi connectivity index (χ3v) is 4.64. The number of nitrogens with one attached hydrogen (secondary N) is 1. The highest BCUT2D eigenvalue weighted by atomic mass is 32.1. The van der Waals surface area contributed by atoms with Crippen LogP contribution >= 0.6 is 11.3 Å². The van der Waals surface area contributed by atoms with Gasteiger partial charge in [-0.1, -0.05) is 6.07 Å². The highest BCUT2D eigenvalue weighted by Crippen LogP contribution is 2.26. The highest BCUT2D eigenvalue weighted by Gasteiger charge is 2.19. The van der Waals surface area contributed by atoms with Crippen LogP contribution in [0.2, 0.25) is 0 Å². The van der Waals surface area contributed by atoms with E-state index in [4.69, 9.17) is 0 Å². The van der Waals surface area contributed by atoms with Crippen LogP contribution in [0, 0.1) is 12.7 Å². The monoisotopic (exact) mass is 379 g/mol. The highest BCUT2D eigenvalue weighted by molar-refractivity contribution is 7.13. The molecule has 3 aromatic heterocycles. The lowest BCUT2D eigenvalue weighted by atomic mass is 10.3. The van der Waals surface area contributed by atoms with Gasteiger partial charge in [-0.05, 0) is 54.8 Å². The Balaban J connectivity index is 1.72. The Labute approximate surface area is 158 Å². The van der Waals surface area contributed by atoms with Crippen molar-refractivity contribution in [1.29, 1.82) is 0 Å². The normalized spacial score (nSPS) is 10.7. The summed E-state index contributed by atoms with van der Waals surface area (Å²) in [6, 6.07) is 13.1. The summed E-state index contributed by atoms with van der Waals surface area (Å²) < 4.78 is 14.8. The van der Waals surface area contributed by atoms with E-state index in [2.05, 4.69) is 20.4 Å². The summed E-state index contributed by atoms with van der Waals surface area (Å²) in [5, 5.41) is 9.03. The van der Waals surface area contributed by atoms with Crippen molar-refractivity contribution in [3.05, 3.63) is 77.4 Å². The Morgan fingerprint density at radius 3 is 2.70 bits per heavy atom. The smallest absolute Gasteiger partial charge is 0.295 e. The number of anilines is 1. The standard InChI is InChI=1S/C19H14FN5OS/c1-12-11-14(8-9-21-12)22-19(26)17-23-18(16-3-2-10-27-16)25(24-17)15-6-4-13(20)5-7-15/h2-11H,1H3,(H,21,22,26). The Bertz CT molecular complexity index is 1090. The number of aromatic nitrogens is 4. The number of halogens is 1. The number of thiophene rings is 1. The van der Waals surface area contributed by atoms with Crippen LogP contribution in [0.15, 0.2) is 60.1 Å². The molecule has 0 aliphatic rings. The molecule has 6 nitrogen and oxygen atoms in total. The van der Waals surface area contributed by atoms with Crippen molar-refractivity contribution >= 4 is 22.9 Å². The Morgan fingerprint density at radius 2 is 2.00 bits per heavy atom. The molecule has 1 amide bonds. The number of benzene rings is 1. The molecule has 0 saturated carbocycles. The molecule has 0 aliphatic carbocycles. The first kappa shape index (κ1) is 17.0. The van der Waals surface area contributed by atoms with Gasteiger partial charge in [0, 0.05) is 17.6 Å². The fourth-order valence-corrected chi connectivity index (χ4v) is 3.24. The van der Waals surface area contributed by atoms with Gasteiger partial charge in [0.15, 0.2) is 5.82 Å². The van der Waals surface area contributed by atoms with Gasteiger partial charge in [-0.15, -0.1) is 16.4 Å². The number of amides is 1. The lowest BCUT2D eigenvalue weighted by molar-refractivity contribution is 0.101. The number of aryl methyl sites for hydroxylation is 1. The number of pyridine rings is 1. The molecule has 0 fully saturated rings. The first-order valence-electron chi connectivity index (χ1n) is 8.11. The van der Waals surface area contributed by atoms with Crippen LogP contribution < -0.4 is 5.32 Å². The molecule has 0 saturated heterocycles. The molecule has 1 N–H and O–H groups in total. The van der Waals surface area contributed by atoms with Gasteiger partial charge < -0.3 is 5.32 Å². The van der Waals surface area contributed by atoms with Crippen LogP contribution in [0.25, 0.3) is 16.4 Å². The Kier molecular flexibility index (Phi) is 4.47. The largest absolute Gasteiger partial charge is 0.319 e. The van der Waals surface area contributed by atoms with Gasteiger partial charge in [0.1, 0.15) is 5.82 Å². The van der Waals surface area contributed by atoms with E-state index in [0.717, 1.165) is 10.6 Å². The second-order valence-corrected chi connectivity index (χ2v) is 6.71. The number of hydrogen-bond donors (Lipinski definition) is 1. The van der Waals surface area contributed by atoms with Crippen molar-refractivity contribution in [2.24, 2.45) is 0 Å². The third-order valence-electron chi connectivity index (χ3n) is 3.78. The number of nitrogens with zero attached hydrogens (tertiary/aromatic N) is 4. The van der Waals surface area contributed by atoms with Crippen LogP contribution in [-0.4, -0.2) is 25.7 Å². The van der Waals surface area contributed by atoms with Crippen molar-refractivity contribution in [3.8, 4) is 16.4 Å². The van der Waals surface area contributed by atoms with E-state index < -0.39 is 5.91 Å². The average molecular weight is 379 g/mol. The molecule has 3 heterocycles. The van der Waals surface area contributed by atoms with E-state index in [9.17, 15) is 9.18 Å². The molecule has 1 aromatic carbocycles. The fraction of sp³-hybridized carbons (Fsp3) is 0.0526. The van der Waals surface area contributed by atoms with E-state index in [1.54, 1.807) is 30.5 Å². The summed E-state index contributed by atoms with van der Waals surface area (Å²) in [7, 11) is 0. The van der Waals surface area contributed by atoms with Gasteiger partial charge in [0.2, 0.25) is 5.82 Å². The summed E-state index contributed by atoms with van der Waals surface area (Å²) in [5.41, 5.74) is 2.02. The molecule has 0 unspecified atom stereocenters. The van der Waals surface area contributed by atoms with Crippen LogP contribution in [0.4, 0.5) is 10.1 Å². The molecule has 0 radical (unpaired) electrons. The van der Waals surface area contributed by atoms with Crippen LogP contribution in [0.1, 0.15) is 16.3 Å². The summed E-state index contributed by atoms with van der Waals surface area (Å²) in [6.07, 6.45) is 1.62. The summed E-state index contributed by atoms with van der Waals surface area (Å²) >= 11 is 1.48. The second-order valence-electron chi connectivity index (χ2n) is 5.76. The second kappa shape index (κ2) is 7.08. The lowest BCUT2D eigenvalue weighted by Crippen LogP contribution is -2.14. The zero-order chi connectivity index (χ0) is 18.8. The maximum absolute atomic E-state index is 13.3. The van der Waals surface area contributed by atoms with Crippen molar-refractivity contribution in [2.45, 2.75) is 6.92 Å². The number of carbonyl (C=O) groups is 1. The summed E-state index contributed by atoms with van der Waals surface area (Å²) in [6.45, 7) is 1.84. The third kappa shape index (κ3) is 3.61. The first-order valence-corrected chi connectivity index (χ1v) is 8.99. The van der Waals surface area contributed by atoms with E-state index in [1.165, 1.54) is 28.2 Å². The van der Waals surface area contributed by atoms with Gasteiger partial charge in [-0.25, -0.2) is 14.1 Å².